The van der Waals surface area contributed by atoms with Crippen LogP contribution in [0.5, 0.6) is 5.75 Å². The molecule has 0 saturated heterocycles. The third-order valence-corrected chi connectivity index (χ3v) is 7.76. The molecule has 2 aromatic heterocycles. The number of carbonyl (C=O) groups excluding carboxylic acids is 2. The number of nitrogens with one attached hydrogen (secondary N) is 3. The molecule has 0 spiro atoms. The predicted molar refractivity (Wildman–Crippen MR) is 219 cm³/mol. The number of urea groups is 1. The molecule has 2 heterocycles. The fourth-order valence-electron chi connectivity index (χ4n) is 5.05. The second kappa shape index (κ2) is 20.4. The molecule has 0 unspecified atom stereocenters. The fraction of sp³-hybridized carbons (Fsp3) is 0.209. The average molecular weight is 742 g/mol. The third-order valence-electron chi connectivity index (χ3n) is 7.76. The Morgan fingerprint density at radius 1 is 0.636 bits per heavy atom. The van der Waals surface area contributed by atoms with E-state index >= 15 is 0 Å². The van der Waals surface area contributed by atoms with Gasteiger partial charge in [0.15, 0.2) is 0 Å². The number of carbonyl (C=O) groups is 2. The smallest absolute Gasteiger partial charge is 0.323 e. The second-order valence-corrected chi connectivity index (χ2v) is 12.1. The van der Waals surface area contributed by atoms with Crippen molar-refractivity contribution in [2.75, 3.05) is 22.6 Å². The van der Waals surface area contributed by atoms with Gasteiger partial charge in [-0.2, -0.15) is 19.6 Å². The number of rotatable bonds is 10. The molecule has 3 N–H and O–H groups in total. The Morgan fingerprint density at radius 3 is 1.62 bits per heavy atom. The van der Waals surface area contributed by atoms with Gasteiger partial charge in [0.2, 0.25) is 0 Å². The molecule has 3 amide bonds. The van der Waals surface area contributed by atoms with Gasteiger partial charge in [-0.1, -0.05) is 81.3 Å². The van der Waals surface area contributed by atoms with Crippen molar-refractivity contribution in [3.63, 3.8) is 0 Å². The zero-order valence-corrected chi connectivity index (χ0v) is 32.0. The van der Waals surface area contributed by atoms with Crippen molar-refractivity contribution in [2.24, 2.45) is 0 Å². The van der Waals surface area contributed by atoms with Crippen molar-refractivity contribution < 1.29 is 14.3 Å². The van der Waals surface area contributed by atoms with Gasteiger partial charge in [0, 0.05) is 11.3 Å². The fourth-order valence-corrected chi connectivity index (χ4v) is 5.05. The van der Waals surface area contributed by atoms with Crippen molar-refractivity contribution in [2.45, 2.75) is 54.4 Å². The van der Waals surface area contributed by atoms with Crippen molar-refractivity contribution in [3.8, 4) is 17.1 Å². The van der Waals surface area contributed by atoms with Crippen molar-refractivity contribution in [1.29, 1.82) is 0 Å². The molecular weight excluding hydrogens is 695 g/mol. The lowest BCUT2D eigenvalue weighted by Gasteiger charge is -2.11. The third kappa shape index (κ3) is 11.8. The van der Waals surface area contributed by atoms with Gasteiger partial charge in [0.25, 0.3) is 17.0 Å². The number of nitrogens with zero attached hydrogens (tertiary/aromatic N) is 4. The summed E-state index contributed by atoms with van der Waals surface area (Å²) in [6.45, 7) is 12.3. The van der Waals surface area contributed by atoms with Gasteiger partial charge >= 0.3 is 6.03 Å². The highest BCUT2D eigenvalue weighted by molar-refractivity contribution is 6.04. The van der Waals surface area contributed by atoms with Crippen molar-refractivity contribution in [1.82, 2.24) is 19.6 Å². The van der Waals surface area contributed by atoms with E-state index in [9.17, 15) is 19.2 Å². The molecule has 12 nitrogen and oxygen atoms in total. The van der Waals surface area contributed by atoms with Crippen LogP contribution in [0.25, 0.3) is 11.4 Å². The SMILES string of the molecule is CC.CCCCOc1ccc(C(=O)Nc2cc(C)nn(-c3ccccc3)c2=O)cc1.Cc1ccc(NC(=O)Nc2cc(C)nn(-c3ccccc3)c2=O)cc1. The van der Waals surface area contributed by atoms with Crippen LogP contribution < -0.4 is 31.8 Å². The summed E-state index contributed by atoms with van der Waals surface area (Å²) in [4.78, 5) is 50.1. The van der Waals surface area contributed by atoms with E-state index in [0.717, 1.165) is 24.2 Å². The van der Waals surface area contributed by atoms with Gasteiger partial charge in [0.05, 0.1) is 29.4 Å². The number of anilines is 3. The molecule has 4 aromatic carbocycles. The average Bonchev–Trinajstić information content (AvgIpc) is 3.20. The normalized spacial score (nSPS) is 10.1. The first kappa shape index (κ1) is 40.9. The van der Waals surface area contributed by atoms with E-state index in [1.54, 1.807) is 86.6 Å². The zero-order valence-electron chi connectivity index (χ0n) is 32.0. The van der Waals surface area contributed by atoms with E-state index in [2.05, 4.69) is 33.1 Å². The van der Waals surface area contributed by atoms with Gasteiger partial charge in [-0.3, -0.25) is 14.4 Å². The molecule has 6 aromatic rings. The van der Waals surface area contributed by atoms with Crippen LogP contribution in [0.1, 0.15) is 60.9 Å². The topological polar surface area (TPSA) is 149 Å². The number of para-hydroxylation sites is 2. The van der Waals surface area contributed by atoms with Gasteiger partial charge in [-0.25, -0.2) is 4.79 Å². The van der Waals surface area contributed by atoms with E-state index in [1.807, 2.05) is 69.3 Å². The monoisotopic (exact) mass is 741 g/mol. The Labute approximate surface area is 320 Å². The number of aryl methyl sites for hydroxylation is 3. The lowest BCUT2D eigenvalue weighted by Crippen LogP contribution is -2.29. The van der Waals surface area contributed by atoms with Crippen molar-refractivity contribution in [3.05, 3.63) is 165 Å². The number of unbranched alkanes of at least 4 members (excludes halogenated alkanes) is 1. The maximum absolute atomic E-state index is 12.8. The molecule has 12 heteroatoms. The summed E-state index contributed by atoms with van der Waals surface area (Å²) < 4.78 is 8.17. The summed E-state index contributed by atoms with van der Waals surface area (Å²) in [7, 11) is 0. The van der Waals surface area contributed by atoms with Crippen LogP contribution in [0.2, 0.25) is 0 Å². The number of amides is 3. The van der Waals surface area contributed by atoms with Crippen LogP contribution in [0.15, 0.2) is 131 Å². The predicted octanol–water partition coefficient (Wildman–Crippen LogP) is 8.49. The standard InChI is InChI=1S/C22H23N3O3.C19H18N4O2.C2H6/c1-3-4-14-28-19-12-10-17(11-13-19)21(26)23-20-15-16(2)24-25(22(20)27)18-8-6-5-7-9-18;1-13-8-10-15(11-9-13)20-19(25)21-17-12-14(2)22-23(18(17)24)16-6-4-3-5-7-16;1-2/h5-13,15H,3-4,14H2,1-2H3,(H,23,26);3-12H,1-2H3,(H2,20,21,25);1-2H3. The van der Waals surface area contributed by atoms with E-state index < -0.39 is 11.6 Å². The van der Waals surface area contributed by atoms with Crippen LogP contribution >= 0.6 is 0 Å². The van der Waals surface area contributed by atoms with E-state index in [0.29, 0.717) is 40.6 Å². The summed E-state index contributed by atoms with van der Waals surface area (Å²) in [5.74, 6) is 0.360. The highest BCUT2D eigenvalue weighted by Gasteiger charge is 2.14. The Balaban J connectivity index is 0.000000235. The number of hydrogen-bond acceptors (Lipinski definition) is 7. The lowest BCUT2D eigenvalue weighted by atomic mass is 10.2. The number of hydrogen-bond donors (Lipinski definition) is 3. The molecule has 6 rings (SSSR count). The quantitative estimate of drug-likeness (QED) is 0.119. The molecule has 0 bridgehead atoms. The largest absolute Gasteiger partial charge is 0.494 e. The van der Waals surface area contributed by atoms with E-state index in [4.69, 9.17) is 4.74 Å². The van der Waals surface area contributed by atoms with Gasteiger partial charge in [-0.05, 0) is 100.0 Å². The summed E-state index contributed by atoms with van der Waals surface area (Å²) in [5, 5.41) is 16.5. The molecular formula is C43H47N7O5. The van der Waals surface area contributed by atoms with Crippen molar-refractivity contribution >= 4 is 29.0 Å². The maximum atomic E-state index is 12.8. The minimum atomic E-state index is -0.480. The zero-order chi connectivity index (χ0) is 39.7. The van der Waals surface area contributed by atoms with E-state index in [-0.39, 0.29) is 22.8 Å². The van der Waals surface area contributed by atoms with Crippen LogP contribution in [0.3, 0.4) is 0 Å². The minimum absolute atomic E-state index is 0.168. The van der Waals surface area contributed by atoms with Gasteiger partial charge in [0.1, 0.15) is 17.1 Å². The second-order valence-electron chi connectivity index (χ2n) is 12.1. The molecule has 0 atom stereocenters. The molecule has 0 saturated carbocycles. The first-order valence-electron chi connectivity index (χ1n) is 18.1. The first-order chi connectivity index (χ1) is 26.6. The highest BCUT2D eigenvalue weighted by Crippen LogP contribution is 2.15. The molecule has 55 heavy (non-hydrogen) atoms. The van der Waals surface area contributed by atoms with Crippen LogP contribution in [-0.2, 0) is 0 Å². The molecule has 0 fully saturated rings. The summed E-state index contributed by atoms with van der Waals surface area (Å²) in [6.07, 6.45) is 2.05. The number of aromatic nitrogens is 4. The molecule has 0 radical (unpaired) electrons. The molecule has 0 aliphatic rings. The molecule has 0 aliphatic heterocycles. The lowest BCUT2D eigenvalue weighted by molar-refractivity contribution is 0.102. The molecule has 0 aliphatic carbocycles. The van der Waals surface area contributed by atoms with E-state index in [1.165, 1.54) is 9.36 Å². The Kier molecular flexibility index (Phi) is 15.2. The molecule has 284 valence electrons. The Bertz CT molecular complexity index is 2270. The Hall–Kier alpha value is -6.82. The van der Waals surface area contributed by atoms with Gasteiger partial charge < -0.3 is 20.7 Å². The number of benzene rings is 4. The Morgan fingerprint density at radius 2 is 1.13 bits per heavy atom. The maximum Gasteiger partial charge on any atom is 0.323 e. The highest BCUT2D eigenvalue weighted by atomic mass is 16.5. The van der Waals surface area contributed by atoms with Crippen LogP contribution in [0, 0.1) is 20.8 Å². The summed E-state index contributed by atoms with van der Waals surface area (Å²) in [6, 6.07) is 35.1. The minimum Gasteiger partial charge on any atom is -0.494 e. The van der Waals surface area contributed by atoms with Crippen LogP contribution in [-0.4, -0.2) is 38.1 Å². The van der Waals surface area contributed by atoms with Crippen LogP contribution in [0.4, 0.5) is 21.9 Å². The van der Waals surface area contributed by atoms with Gasteiger partial charge in [-0.15, -0.1) is 0 Å². The number of ether oxygens (including phenoxy) is 1. The summed E-state index contributed by atoms with van der Waals surface area (Å²) in [5.41, 5.74) is 4.29. The summed E-state index contributed by atoms with van der Waals surface area (Å²) >= 11 is 0. The first-order valence-corrected chi connectivity index (χ1v) is 18.1.